The maximum atomic E-state index is 12.2. The van der Waals surface area contributed by atoms with E-state index in [1.807, 2.05) is 18.2 Å². The number of amides is 1. The van der Waals surface area contributed by atoms with Crippen LogP contribution in [0.15, 0.2) is 42.5 Å². The number of nitrogens with zero attached hydrogens (tertiary/aromatic N) is 1. The van der Waals surface area contributed by atoms with E-state index in [-0.39, 0.29) is 11.8 Å². The molecule has 0 aliphatic carbocycles. The van der Waals surface area contributed by atoms with Gasteiger partial charge in [0, 0.05) is 19.6 Å². The molecule has 2 aromatic rings. The van der Waals surface area contributed by atoms with Gasteiger partial charge in [0.15, 0.2) is 0 Å². The monoisotopic (exact) mass is 340 g/mol. The highest BCUT2D eigenvalue weighted by Gasteiger charge is 2.26. The molecule has 2 N–H and O–H groups in total. The molecule has 0 radical (unpaired) electrons. The highest BCUT2D eigenvalue weighted by Crippen LogP contribution is 2.23. The third-order valence-electron chi connectivity index (χ3n) is 5.01. The fraction of sp³-hybridized carbons (Fsp3) is 0.476. The number of carbonyl (C=O) groups excluding carboxylic acids is 1. The first-order chi connectivity index (χ1) is 12.2. The number of aliphatic hydroxyl groups is 1. The molecule has 0 unspecified atom stereocenters. The summed E-state index contributed by atoms with van der Waals surface area (Å²) in [5.74, 6) is 0.204. The van der Waals surface area contributed by atoms with Crippen LogP contribution >= 0.6 is 0 Å². The zero-order valence-electron chi connectivity index (χ0n) is 14.9. The van der Waals surface area contributed by atoms with Gasteiger partial charge in [-0.2, -0.15) is 0 Å². The number of benzene rings is 2. The largest absolute Gasteiger partial charge is 0.387 e. The van der Waals surface area contributed by atoms with Crippen LogP contribution in [0.4, 0.5) is 0 Å². The molecule has 4 nitrogen and oxygen atoms in total. The second-order valence-electron chi connectivity index (χ2n) is 7.01. The van der Waals surface area contributed by atoms with Crippen LogP contribution in [-0.4, -0.2) is 42.1 Å². The van der Waals surface area contributed by atoms with Gasteiger partial charge < -0.3 is 10.4 Å². The van der Waals surface area contributed by atoms with Crippen molar-refractivity contribution in [1.82, 2.24) is 10.2 Å². The maximum absolute atomic E-state index is 12.2. The van der Waals surface area contributed by atoms with E-state index >= 15 is 0 Å². The first kappa shape index (κ1) is 17.9. The van der Waals surface area contributed by atoms with E-state index in [2.05, 4.69) is 41.4 Å². The number of rotatable bonds is 6. The van der Waals surface area contributed by atoms with Gasteiger partial charge in [-0.1, -0.05) is 43.3 Å². The fourth-order valence-electron chi connectivity index (χ4n) is 3.59. The van der Waals surface area contributed by atoms with Crippen LogP contribution in [0.3, 0.4) is 0 Å². The summed E-state index contributed by atoms with van der Waals surface area (Å²) in [6.45, 7) is 5.07. The van der Waals surface area contributed by atoms with Crippen molar-refractivity contribution in [3.8, 4) is 0 Å². The lowest BCUT2D eigenvalue weighted by molar-refractivity contribution is -0.126. The summed E-state index contributed by atoms with van der Waals surface area (Å²) in [4.78, 5) is 14.4. The Kier molecular flexibility index (Phi) is 6.05. The highest BCUT2D eigenvalue weighted by atomic mass is 16.3. The van der Waals surface area contributed by atoms with E-state index in [1.165, 1.54) is 5.39 Å². The number of β-amino-alcohol motifs (C(OH)–C–C–N with tert-alkyl or cyclic N) is 1. The molecule has 1 amide bonds. The van der Waals surface area contributed by atoms with Crippen molar-refractivity contribution in [2.24, 2.45) is 5.92 Å². The minimum absolute atomic E-state index is 0.0455. The van der Waals surface area contributed by atoms with Gasteiger partial charge in [0.05, 0.1) is 12.0 Å². The molecule has 1 aliphatic rings. The molecule has 25 heavy (non-hydrogen) atoms. The number of nitrogens with one attached hydrogen (secondary N) is 1. The van der Waals surface area contributed by atoms with Gasteiger partial charge in [-0.25, -0.2) is 0 Å². The average Bonchev–Trinajstić information content (AvgIpc) is 2.65. The summed E-state index contributed by atoms with van der Waals surface area (Å²) < 4.78 is 0. The van der Waals surface area contributed by atoms with E-state index in [0.29, 0.717) is 6.54 Å². The zero-order valence-corrected chi connectivity index (χ0v) is 14.9. The molecule has 134 valence electrons. The highest BCUT2D eigenvalue weighted by molar-refractivity contribution is 5.83. The SMILES string of the molecule is CCCNC(=O)[C@@H]1CCCN(C[C@@H](O)c2ccc3ccccc3c2)C1. The first-order valence-corrected chi connectivity index (χ1v) is 9.34. The molecule has 0 spiro atoms. The van der Waals surface area contributed by atoms with Crippen LogP contribution in [-0.2, 0) is 4.79 Å². The minimum atomic E-state index is -0.526. The van der Waals surface area contributed by atoms with Crippen molar-refractivity contribution in [3.05, 3.63) is 48.0 Å². The van der Waals surface area contributed by atoms with Crippen molar-refractivity contribution >= 4 is 16.7 Å². The normalized spacial score (nSPS) is 19.7. The number of aliphatic hydroxyl groups excluding tert-OH is 1. The lowest BCUT2D eigenvalue weighted by Gasteiger charge is -2.33. The van der Waals surface area contributed by atoms with Gasteiger partial charge in [-0.3, -0.25) is 9.69 Å². The molecule has 1 aliphatic heterocycles. The van der Waals surface area contributed by atoms with E-state index in [9.17, 15) is 9.90 Å². The Hall–Kier alpha value is -1.91. The van der Waals surface area contributed by atoms with Crippen LogP contribution in [0.5, 0.6) is 0 Å². The first-order valence-electron chi connectivity index (χ1n) is 9.34. The van der Waals surface area contributed by atoms with Gasteiger partial charge in [0.25, 0.3) is 0 Å². The smallest absolute Gasteiger partial charge is 0.224 e. The van der Waals surface area contributed by atoms with Crippen molar-refractivity contribution in [2.75, 3.05) is 26.2 Å². The van der Waals surface area contributed by atoms with Gasteiger partial charge >= 0.3 is 0 Å². The Bertz CT molecular complexity index is 716. The summed E-state index contributed by atoms with van der Waals surface area (Å²) in [5, 5.41) is 16.0. The van der Waals surface area contributed by atoms with E-state index in [4.69, 9.17) is 0 Å². The molecule has 1 heterocycles. The second-order valence-corrected chi connectivity index (χ2v) is 7.01. The molecule has 3 rings (SSSR count). The predicted molar refractivity (Wildman–Crippen MR) is 101 cm³/mol. The van der Waals surface area contributed by atoms with Crippen molar-refractivity contribution in [1.29, 1.82) is 0 Å². The van der Waals surface area contributed by atoms with Crippen molar-refractivity contribution in [2.45, 2.75) is 32.3 Å². The number of hydrogen-bond acceptors (Lipinski definition) is 3. The van der Waals surface area contributed by atoms with E-state index < -0.39 is 6.10 Å². The molecular weight excluding hydrogens is 312 g/mol. The number of hydrogen-bond donors (Lipinski definition) is 2. The summed E-state index contributed by atoms with van der Waals surface area (Å²) >= 11 is 0. The average molecular weight is 340 g/mol. The van der Waals surface area contributed by atoms with Crippen LogP contribution in [0, 0.1) is 5.92 Å². The van der Waals surface area contributed by atoms with Crippen LogP contribution in [0.25, 0.3) is 10.8 Å². The predicted octanol–water partition coefficient (Wildman–Crippen LogP) is 3.11. The summed E-state index contributed by atoms with van der Waals surface area (Å²) in [6.07, 6.45) is 2.39. The molecule has 0 aromatic heterocycles. The number of fused-ring (bicyclic) bond motifs is 1. The summed E-state index contributed by atoms with van der Waals surface area (Å²) in [6, 6.07) is 14.3. The van der Waals surface area contributed by atoms with Crippen LogP contribution in [0.1, 0.15) is 37.9 Å². The minimum Gasteiger partial charge on any atom is -0.387 e. The number of likely N-dealkylation sites (tertiary alicyclic amines) is 1. The molecule has 2 atom stereocenters. The topological polar surface area (TPSA) is 52.6 Å². The van der Waals surface area contributed by atoms with Crippen molar-refractivity contribution in [3.63, 3.8) is 0 Å². The van der Waals surface area contributed by atoms with Gasteiger partial charge in [-0.15, -0.1) is 0 Å². The third kappa shape index (κ3) is 4.59. The lowest BCUT2D eigenvalue weighted by Crippen LogP contribution is -2.44. The second kappa shape index (κ2) is 8.45. The molecule has 0 saturated carbocycles. The Morgan fingerprint density at radius 1 is 1.28 bits per heavy atom. The third-order valence-corrected chi connectivity index (χ3v) is 5.01. The molecule has 2 aromatic carbocycles. The summed E-state index contributed by atoms with van der Waals surface area (Å²) in [7, 11) is 0. The van der Waals surface area contributed by atoms with Crippen LogP contribution in [0.2, 0.25) is 0 Å². The molecule has 0 bridgehead atoms. The van der Waals surface area contributed by atoms with Crippen LogP contribution < -0.4 is 5.32 Å². The molecule has 1 fully saturated rings. The standard InChI is InChI=1S/C21H28N2O2/c1-2-11-22-21(25)19-8-5-12-23(14-19)15-20(24)18-10-9-16-6-3-4-7-17(16)13-18/h3-4,6-7,9-10,13,19-20,24H,2,5,8,11-12,14-15H2,1H3,(H,22,25)/t19-,20-/m1/s1. The van der Waals surface area contributed by atoms with Gasteiger partial charge in [0.1, 0.15) is 0 Å². The zero-order chi connectivity index (χ0) is 17.6. The summed E-state index contributed by atoms with van der Waals surface area (Å²) in [5.41, 5.74) is 0.941. The maximum Gasteiger partial charge on any atom is 0.224 e. The fourth-order valence-corrected chi connectivity index (χ4v) is 3.59. The van der Waals surface area contributed by atoms with E-state index in [0.717, 1.165) is 49.8 Å². The molecule has 1 saturated heterocycles. The Morgan fingerprint density at radius 3 is 2.88 bits per heavy atom. The Morgan fingerprint density at radius 2 is 2.08 bits per heavy atom. The van der Waals surface area contributed by atoms with Crippen molar-refractivity contribution < 1.29 is 9.90 Å². The molecule has 4 heteroatoms. The number of piperidine rings is 1. The Balaban J connectivity index is 1.61. The lowest BCUT2D eigenvalue weighted by atomic mass is 9.96. The molecular formula is C21H28N2O2. The quantitative estimate of drug-likeness (QED) is 0.849. The Labute approximate surface area is 149 Å². The number of carbonyl (C=O) groups is 1. The van der Waals surface area contributed by atoms with Gasteiger partial charge in [0.2, 0.25) is 5.91 Å². The van der Waals surface area contributed by atoms with Gasteiger partial charge in [-0.05, 0) is 48.2 Å². The van der Waals surface area contributed by atoms with E-state index in [1.54, 1.807) is 0 Å².